The van der Waals surface area contributed by atoms with E-state index in [-0.39, 0.29) is 12.1 Å². The number of alkyl halides is 3. The molecule has 0 amide bonds. The SMILES string of the molecule is CC1CC(Nc2cccc(C(F)(F)F)c2)CCO1. The molecule has 1 aliphatic rings. The van der Waals surface area contributed by atoms with Crippen LogP contribution in [0.5, 0.6) is 0 Å². The lowest BCUT2D eigenvalue weighted by atomic mass is 10.0. The predicted octanol–water partition coefficient (Wildman–Crippen LogP) is 3.68. The number of anilines is 1. The van der Waals surface area contributed by atoms with Gasteiger partial charge >= 0.3 is 6.18 Å². The highest BCUT2D eigenvalue weighted by atomic mass is 19.4. The van der Waals surface area contributed by atoms with Gasteiger partial charge in [0.05, 0.1) is 11.7 Å². The summed E-state index contributed by atoms with van der Waals surface area (Å²) in [6.45, 7) is 2.62. The molecule has 0 aliphatic carbocycles. The molecule has 5 heteroatoms. The molecule has 2 rings (SSSR count). The molecular formula is C13H16F3NO. The molecule has 0 spiro atoms. The number of rotatable bonds is 2. The third-order valence-corrected chi connectivity index (χ3v) is 3.05. The Hall–Kier alpha value is -1.23. The van der Waals surface area contributed by atoms with Gasteiger partial charge in [-0.3, -0.25) is 0 Å². The van der Waals surface area contributed by atoms with Crippen LogP contribution >= 0.6 is 0 Å². The number of hydrogen-bond donors (Lipinski definition) is 1. The molecule has 2 atom stereocenters. The Bertz CT molecular complexity index is 405. The minimum atomic E-state index is -4.29. The van der Waals surface area contributed by atoms with Crippen LogP contribution in [0.15, 0.2) is 24.3 Å². The van der Waals surface area contributed by atoms with Crippen LogP contribution in [0.2, 0.25) is 0 Å². The van der Waals surface area contributed by atoms with Crippen molar-refractivity contribution < 1.29 is 17.9 Å². The van der Waals surface area contributed by atoms with Crippen molar-refractivity contribution in [2.24, 2.45) is 0 Å². The van der Waals surface area contributed by atoms with E-state index >= 15 is 0 Å². The summed E-state index contributed by atoms with van der Waals surface area (Å²) in [6, 6.07) is 5.50. The first-order chi connectivity index (χ1) is 8.45. The zero-order chi connectivity index (χ0) is 13.2. The molecule has 1 N–H and O–H groups in total. The third-order valence-electron chi connectivity index (χ3n) is 3.05. The Morgan fingerprint density at radius 1 is 1.33 bits per heavy atom. The van der Waals surface area contributed by atoms with Crippen LogP contribution < -0.4 is 5.32 Å². The van der Waals surface area contributed by atoms with Crippen LogP contribution in [0, 0.1) is 0 Å². The van der Waals surface area contributed by atoms with Gasteiger partial charge in [-0.2, -0.15) is 13.2 Å². The maximum absolute atomic E-state index is 12.6. The van der Waals surface area contributed by atoms with Crippen molar-refractivity contribution in [3.8, 4) is 0 Å². The normalized spacial score (nSPS) is 24.9. The van der Waals surface area contributed by atoms with Gasteiger partial charge in [0.15, 0.2) is 0 Å². The summed E-state index contributed by atoms with van der Waals surface area (Å²) in [5.41, 5.74) is -0.100. The minimum absolute atomic E-state index is 0.155. The molecule has 2 nitrogen and oxygen atoms in total. The van der Waals surface area contributed by atoms with Crippen molar-refractivity contribution >= 4 is 5.69 Å². The van der Waals surface area contributed by atoms with Crippen molar-refractivity contribution in [3.63, 3.8) is 0 Å². The Labute approximate surface area is 104 Å². The Balaban J connectivity index is 2.05. The van der Waals surface area contributed by atoms with Crippen molar-refractivity contribution in [2.45, 2.75) is 38.1 Å². The van der Waals surface area contributed by atoms with E-state index in [1.54, 1.807) is 6.07 Å². The van der Waals surface area contributed by atoms with Crippen LogP contribution in [0.1, 0.15) is 25.3 Å². The summed E-state index contributed by atoms with van der Waals surface area (Å²) in [7, 11) is 0. The standard InChI is InChI=1S/C13H16F3NO/c1-9-7-12(5-6-18-9)17-11-4-2-3-10(8-11)13(14,15)16/h2-4,8-9,12,17H,5-7H2,1H3. The first-order valence-corrected chi connectivity index (χ1v) is 6.00. The van der Waals surface area contributed by atoms with Crippen LogP contribution in [-0.4, -0.2) is 18.8 Å². The summed E-state index contributed by atoms with van der Waals surface area (Å²) in [5.74, 6) is 0. The quantitative estimate of drug-likeness (QED) is 0.874. The molecule has 0 radical (unpaired) electrons. The van der Waals surface area contributed by atoms with Crippen molar-refractivity contribution in [1.29, 1.82) is 0 Å². The molecule has 2 unspecified atom stereocenters. The van der Waals surface area contributed by atoms with E-state index in [2.05, 4.69) is 5.32 Å². The summed E-state index contributed by atoms with van der Waals surface area (Å²) in [6.07, 6.45) is -2.50. The van der Waals surface area contributed by atoms with E-state index in [4.69, 9.17) is 4.74 Å². The molecule has 1 saturated heterocycles. The fraction of sp³-hybridized carbons (Fsp3) is 0.538. The van der Waals surface area contributed by atoms with E-state index < -0.39 is 11.7 Å². The number of halogens is 3. The van der Waals surface area contributed by atoms with E-state index in [1.165, 1.54) is 6.07 Å². The molecule has 1 heterocycles. The minimum Gasteiger partial charge on any atom is -0.382 e. The first kappa shape index (κ1) is 13.2. The Morgan fingerprint density at radius 3 is 2.78 bits per heavy atom. The summed E-state index contributed by atoms with van der Waals surface area (Å²) in [4.78, 5) is 0. The fourth-order valence-electron chi connectivity index (χ4n) is 2.15. The fourth-order valence-corrected chi connectivity index (χ4v) is 2.15. The smallest absolute Gasteiger partial charge is 0.382 e. The molecule has 0 bridgehead atoms. The number of hydrogen-bond acceptors (Lipinski definition) is 2. The average molecular weight is 259 g/mol. The van der Waals surface area contributed by atoms with E-state index in [9.17, 15) is 13.2 Å². The van der Waals surface area contributed by atoms with E-state index in [1.807, 2.05) is 6.92 Å². The monoisotopic (exact) mass is 259 g/mol. The second-order valence-electron chi connectivity index (χ2n) is 4.63. The second kappa shape index (κ2) is 5.18. The van der Waals surface area contributed by atoms with Gasteiger partial charge in [-0.1, -0.05) is 6.07 Å². The molecule has 1 fully saturated rings. The van der Waals surface area contributed by atoms with Crippen LogP contribution in [0.3, 0.4) is 0 Å². The van der Waals surface area contributed by atoms with Gasteiger partial charge in [0.2, 0.25) is 0 Å². The zero-order valence-corrected chi connectivity index (χ0v) is 10.1. The van der Waals surface area contributed by atoms with Gasteiger partial charge in [0.25, 0.3) is 0 Å². The van der Waals surface area contributed by atoms with Crippen molar-refractivity contribution in [1.82, 2.24) is 0 Å². The third kappa shape index (κ3) is 3.38. The highest BCUT2D eigenvalue weighted by Gasteiger charge is 2.30. The molecule has 18 heavy (non-hydrogen) atoms. The van der Waals surface area contributed by atoms with Crippen LogP contribution in [-0.2, 0) is 10.9 Å². The number of ether oxygens (including phenoxy) is 1. The average Bonchev–Trinajstić information content (AvgIpc) is 2.28. The van der Waals surface area contributed by atoms with Gasteiger partial charge in [0, 0.05) is 18.3 Å². The lowest BCUT2D eigenvalue weighted by Gasteiger charge is -2.28. The lowest BCUT2D eigenvalue weighted by Crippen LogP contribution is -2.32. The molecular weight excluding hydrogens is 243 g/mol. The predicted molar refractivity (Wildman–Crippen MR) is 63.5 cm³/mol. The van der Waals surface area contributed by atoms with Crippen LogP contribution in [0.4, 0.5) is 18.9 Å². The molecule has 0 saturated carbocycles. The molecule has 1 aromatic carbocycles. The molecule has 0 aromatic heterocycles. The van der Waals surface area contributed by atoms with Gasteiger partial charge in [-0.25, -0.2) is 0 Å². The molecule has 1 aromatic rings. The Kier molecular flexibility index (Phi) is 3.80. The van der Waals surface area contributed by atoms with Crippen molar-refractivity contribution in [3.05, 3.63) is 29.8 Å². The van der Waals surface area contributed by atoms with Gasteiger partial charge in [-0.05, 0) is 38.0 Å². The summed E-state index contributed by atoms with van der Waals surface area (Å²) < 4.78 is 43.1. The largest absolute Gasteiger partial charge is 0.416 e. The lowest BCUT2D eigenvalue weighted by molar-refractivity contribution is -0.137. The van der Waals surface area contributed by atoms with Gasteiger partial charge in [-0.15, -0.1) is 0 Å². The second-order valence-corrected chi connectivity index (χ2v) is 4.63. The van der Waals surface area contributed by atoms with Crippen LogP contribution in [0.25, 0.3) is 0 Å². The van der Waals surface area contributed by atoms with Gasteiger partial charge in [0.1, 0.15) is 0 Å². The molecule has 100 valence electrons. The zero-order valence-electron chi connectivity index (χ0n) is 10.1. The summed E-state index contributed by atoms with van der Waals surface area (Å²) in [5, 5.41) is 3.14. The highest BCUT2D eigenvalue weighted by molar-refractivity contribution is 5.47. The summed E-state index contributed by atoms with van der Waals surface area (Å²) >= 11 is 0. The maximum atomic E-state index is 12.6. The van der Waals surface area contributed by atoms with Crippen molar-refractivity contribution in [2.75, 3.05) is 11.9 Å². The highest BCUT2D eigenvalue weighted by Crippen LogP contribution is 2.31. The Morgan fingerprint density at radius 2 is 2.11 bits per heavy atom. The van der Waals surface area contributed by atoms with E-state index in [0.29, 0.717) is 12.3 Å². The van der Waals surface area contributed by atoms with Gasteiger partial charge < -0.3 is 10.1 Å². The molecule has 1 aliphatic heterocycles. The number of nitrogens with one attached hydrogen (secondary N) is 1. The first-order valence-electron chi connectivity index (χ1n) is 6.00. The van der Waals surface area contributed by atoms with E-state index in [0.717, 1.165) is 25.0 Å². The topological polar surface area (TPSA) is 21.3 Å². The number of benzene rings is 1. The maximum Gasteiger partial charge on any atom is 0.416 e.